The van der Waals surface area contributed by atoms with Crippen molar-refractivity contribution in [1.82, 2.24) is 0 Å². The van der Waals surface area contributed by atoms with Gasteiger partial charge < -0.3 is 15.2 Å². The highest BCUT2D eigenvalue weighted by atomic mass is 35.5. The zero-order chi connectivity index (χ0) is 12.1. The number of methoxy groups -OCH3 is 2. The number of ether oxygens (including phenoxy) is 2. The molecule has 0 spiro atoms. The highest BCUT2D eigenvalue weighted by Gasteiger charge is 2.13. The summed E-state index contributed by atoms with van der Waals surface area (Å²) in [7, 11) is 3.27. The number of hydrogen-bond donors (Lipinski definition) is 1. The van der Waals surface area contributed by atoms with Gasteiger partial charge in [-0.2, -0.15) is 0 Å². The maximum atomic E-state index is 6.10. The van der Waals surface area contributed by atoms with Crippen LogP contribution in [0, 0.1) is 0 Å². The Hall–Kier alpha value is -1.19. The van der Waals surface area contributed by atoms with Gasteiger partial charge in [-0.15, -0.1) is 19.0 Å². The molecule has 1 rings (SSSR count). The van der Waals surface area contributed by atoms with Crippen LogP contribution in [0.3, 0.4) is 0 Å². The number of benzene rings is 1. The summed E-state index contributed by atoms with van der Waals surface area (Å²) in [6.07, 6.45) is 0.740. The van der Waals surface area contributed by atoms with Crippen LogP contribution in [0.2, 0.25) is 0 Å². The lowest BCUT2D eigenvalue weighted by molar-refractivity contribution is 0.395. The second-order valence-corrected chi connectivity index (χ2v) is 3.88. The topological polar surface area (TPSA) is 44.5 Å². The molecule has 1 aromatic rings. The molecule has 1 aromatic carbocycles. The molecule has 0 fully saturated rings. The van der Waals surface area contributed by atoms with Gasteiger partial charge in [-0.05, 0) is 31.5 Å². The van der Waals surface area contributed by atoms with Crippen molar-refractivity contribution >= 4 is 12.4 Å². The molecule has 96 valence electrons. The Kier molecular flexibility index (Phi) is 6.69. The maximum Gasteiger partial charge on any atom is 0.123 e. The van der Waals surface area contributed by atoms with Crippen molar-refractivity contribution in [3.05, 3.63) is 35.9 Å². The molecule has 0 unspecified atom stereocenters. The maximum absolute atomic E-state index is 6.10. The highest BCUT2D eigenvalue weighted by Crippen LogP contribution is 2.30. The molecule has 0 amide bonds. The van der Waals surface area contributed by atoms with Crippen LogP contribution >= 0.6 is 12.4 Å². The first-order chi connectivity index (χ1) is 7.58. The van der Waals surface area contributed by atoms with Crippen molar-refractivity contribution in [2.75, 3.05) is 14.2 Å². The van der Waals surface area contributed by atoms with Crippen LogP contribution in [0.1, 0.15) is 24.9 Å². The predicted octanol–water partition coefficient (Wildman–Crippen LogP) is 3.09. The first-order valence-corrected chi connectivity index (χ1v) is 5.20. The van der Waals surface area contributed by atoms with E-state index in [9.17, 15) is 0 Å². The third kappa shape index (κ3) is 4.29. The van der Waals surface area contributed by atoms with E-state index in [0.29, 0.717) is 0 Å². The normalized spacial score (nSPS) is 11.3. The van der Waals surface area contributed by atoms with Crippen molar-refractivity contribution < 1.29 is 9.47 Å². The third-order valence-electron chi connectivity index (χ3n) is 2.40. The zero-order valence-electron chi connectivity index (χ0n) is 10.5. The van der Waals surface area contributed by atoms with Gasteiger partial charge in [0.25, 0.3) is 0 Å². The summed E-state index contributed by atoms with van der Waals surface area (Å²) in [6, 6.07) is 5.52. The predicted molar refractivity (Wildman–Crippen MR) is 73.2 cm³/mol. The Morgan fingerprint density at radius 1 is 1.35 bits per heavy atom. The molecule has 3 nitrogen and oxygen atoms in total. The molecule has 0 bridgehead atoms. The van der Waals surface area contributed by atoms with Gasteiger partial charge in [-0.25, -0.2) is 0 Å². The van der Waals surface area contributed by atoms with E-state index in [1.165, 1.54) is 0 Å². The summed E-state index contributed by atoms with van der Waals surface area (Å²) in [4.78, 5) is 0. The van der Waals surface area contributed by atoms with E-state index in [1.54, 1.807) is 14.2 Å². The van der Waals surface area contributed by atoms with Crippen molar-refractivity contribution in [3.63, 3.8) is 0 Å². The molecule has 0 saturated heterocycles. The van der Waals surface area contributed by atoms with Crippen LogP contribution in [0.4, 0.5) is 0 Å². The fourth-order valence-corrected chi connectivity index (χ4v) is 1.61. The average Bonchev–Trinajstić information content (AvgIpc) is 2.27. The fraction of sp³-hybridized carbons (Fsp3) is 0.385. The monoisotopic (exact) mass is 257 g/mol. The van der Waals surface area contributed by atoms with E-state index < -0.39 is 0 Å². The van der Waals surface area contributed by atoms with Crippen molar-refractivity contribution in [1.29, 1.82) is 0 Å². The van der Waals surface area contributed by atoms with Gasteiger partial charge in [-0.3, -0.25) is 0 Å². The SMILES string of the molecule is C=C(C)C[C@@H](N)c1cc(OC)ccc1OC.Cl. The molecule has 0 aliphatic rings. The number of hydrogen-bond acceptors (Lipinski definition) is 3. The molecule has 1 atom stereocenters. The van der Waals surface area contributed by atoms with Crippen LogP contribution < -0.4 is 15.2 Å². The lowest BCUT2D eigenvalue weighted by Crippen LogP contribution is -2.12. The quantitative estimate of drug-likeness (QED) is 0.825. The largest absolute Gasteiger partial charge is 0.497 e. The highest BCUT2D eigenvalue weighted by molar-refractivity contribution is 5.85. The summed E-state index contributed by atoms with van der Waals surface area (Å²) >= 11 is 0. The summed E-state index contributed by atoms with van der Waals surface area (Å²) in [5.41, 5.74) is 8.10. The molecule has 2 N–H and O–H groups in total. The summed E-state index contributed by atoms with van der Waals surface area (Å²) < 4.78 is 10.5. The lowest BCUT2D eigenvalue weighted by atomic mass is 10.00. The molecule has 4 heteroatoms. The van der Waals surface area contributed by atoms with Gasteiger partial charge in [-0.1, -0.05) is 5.57 Å². The Balaban J connectivity index is 0.00000256. The second-order valence-electron chi connectivity index (χ2n) is 3.88. The van der Waals surface area contributed by atoms with Gasteiger partial charge in [0.05, 0.1) is 14.2 Å². The molecule has 0 aromatic heterocycles. The number of rotatable bonds is 5. The molecular formula is C13H20ClNO2. The van der Waals surface area contributed by atoms with Crippen molar-refractivity contribution in [2.45, 2.75) is 19.4 Å². The first kappa shape index (κ1) is 15.8. The lowest BCUT2D eigenvalue weighted by Gasteiger charge is -2.16. The van der Waals surface area contributed by atoms with Gasteiger partial charge in [0.15, 0.2) is 0 Å². The van der Waals surface area contributed by atoms with Crippen LogP contribution in [0.5, 0.6) is 11.5 Å². The van der Waals surface area contributed by atoms with E-state index in [0.717, 1.165) is 29.1 Å². The first-order valence-electron chi connectivity index (χ1n) is 5.20. The van der Waals surface area contributed by atoms with Crippen molar-refractivity contribution in [2.24, 2.45) is 5.73 Å². The Labute approximate surface area is 109 Å². The second kappa shape index (κ2) is 7.20. The molecule has 0 heterocycles. The van der Waals surface area contributed by atoms with Gasteiger partial charge >= 0.3 is 0 Å². The standard InChI is InChI=1S/C13H19NO2.ClH/c1-9(2)7-12(14)11-8-10(15-3)5-6-13(11)16-4;/h5-6,8,12H,1,7,14H2,2-4H3;1H/t12-;/m1./s1. The minimum atomic E-state index is -0.109. The van der Waals surface area contributed by atoms with E-state index in [4.69, 9.17) is 15.2 Å². The Bertz CT molecular complexity index is 380. The zero-order valence-corrected chi connectivity index (χ0v) is 11.3. The molecule has 0 radical (unpaired) electrons. The smallest absolute Gasteiger partial charge is 0.123 e. The fourth-order valence-electron chi connectivity index (χ4n) is 1.61. The van der Waals surface area contributed by atoms with E-state index in [1.807, 2.05) is 25.1 Å². The van der Waals surface area contributed by atoms with E-state index >= 15 is 0 Å². The molecule has 0 saturated carbocycles. The number of nitrogens with two attached hydrogens (primary N) is 1. The number of halogens is 1. The summed E-state index contributed by atoms with van der Waals surface area (Å²) in [5, 5.41) is 0. The van der Waals surface area contributed by atoms with Gasteiger partial charge in [0, 0.05) is 11.6 Å². The van der Waals surface area contributed by atoms with Crippen LogP contribution in [0.15, 0.2) is 30.4 Å². The third-order valence-corrected chi connectivity index (χ3v) is 2.40. The van der Waals surface area contributed by atoms with Crippen LogP contribution in [-0.4, -0.2) is 14.2 Å². The average molecular weight is 258 g/mol. The molecule has 0 aliphatic heterocycles. The minimum absolute atomic E-state index is 0. The van der Waals surface area contributed by atoms with E-state index in [2.05, 4.69) is 6.58 Å². The summed E-state index contributed by atoms with van der Waals surface area (Å²) in [6.45, 7) is 5.83. The van der Waals surface area contributed by atoms with Crippen LogP contribution in [-0.2, 0) is 0 Å². The van der Waals surface area contributed by atoms with Crippen LogP contribution in [0.25, 0.3) is 0 Å². The van der Waals surface area contributed by atoms with Gasteiger partial charge in [0.2, 0.25) is 0 Å². The minimum Gasteiger partial charge on any atom is -0.497 e. The Morgan fingerprint density at radius 2 is 2.00 bits per heavy atom. The van der Waals surface area contributed by atoms with Gasteiger partial charge in [0.1, 0.15) is 11.5 Å². The molecule has 17 heavy (non-hydrogen) atoms. The van der Waals surface area contributed by atoms with Crippen molar-refractivity contribution in [3.8, 4) is 11.5 Å². The van der Waals surface area contributed by atoms with E-state index in [-0.39, 0.29) is 18.4 Å². The Morgan fingerprint density at radius 3 is 2.47 bits per heavy atom. The summed E-state index contributed by atoms with van der Waals surface area (Å²) in [5.74, 6) is 1.57. The molecule has 0 aliphatic carbocycles. The molecular weight excluding hydrogens is 238 g/mol.